The number of rotatable bonds is 4. The molecule has 1 N–H and O–H groups in total. The van der Waals surface area contributed by atoms with Crippen LogP contribution in [0, 0.1) is 0 Å². The molecule has 0 saturated carbocycles. The minimum atomic E-state index is -4.46. The normalized spacial score (nSPS) is 11.3. The lowest BCUT2D eigenvalue weighted by Crippen LogP contribution is -2.28. The number of carbonyl (C=O) groups excluding carboxylic acids is 1. The Balaban J connectivity index is 1.95. The standard InChI is InChI=1S/C12H11F3N4O/c13-12(14,15)10-3-1-2-9(8-10)11(20)16-6-7-19-17-4-5-18-19/h1-5,8H,6-7H2,(H,16,20). The summed E-state index contributed by atoms with van der Waals surface area (Å²) in [7, 11) is 0. The fraction of sp³-hybridized carbons (Fsp3) is 0.250. The Hall–Kier alpha value is -2.38. The Morgan fingerprint density at radius 2 is 1.95 bits per heavy atom. The van der Waals surface area contributed by atoms with Crippen LogP contribution >= 0.6 is 0 Å². The largest absolute Gasteiger partial charge is 0.416 e. The lowest BCUT2D eigenvalue weighted by atomic mass is 10.1. The van der Waals surface area contributed by atoms with Crippen LogP contribution in [0.4, 0.5) is 13.2 Å². The Labute approximate surface area is 112 Å². The summed E-state index contributed by atoms with van der Waals surface area (Å²) < 4.78 is 37.6. The second kappa shape index (κ2) is 5.72. The summed E-state index contributed by atoms with van der Waals surface area (Å²) in [5, 5.41) is 10.2. The van der Waals surface area contributed by atoms with E-state index in [1.54, 1.807) is 0 Å². The lowest BCUT2D eigenvalue weighted by Gasteiger charge is -2.09. The van der Waals surface area contributed by atoms with Crippen molar-refractivity contribution in [3.05, 3.63) is 47.8 Å². The summed E-state index contributed by atoms with van der Waals surface area (Å²) >= 11 is 0. The molecule has 0 bridgehead atoms. The van der Waals surface area contributed by atoms with Crippen LogP contribution in [-0.2, 0) is 12.7 Å². The van der Waals surface area contributed by atoms with Gasteiger partial charge in [-0.25, -0.2) is 0 Å². The van der Waals surface area contributed by atoms with Crippen LogP contribution in [-0.4, -0.2) is 27.4 Å². The van der Waals surface area contributed by atoms with Crippen molar-refractivity contribution in [3.8, 4) is 0 Å². The number of benzene rings is 1. The van der Waals surface area contributed by atoms with Crippen LogP contribution in [0.15, 0.2) is 36.7 Å². The molecular weight excluding hydrogens is 273 g/mol. The van der Waals surface area contributed by atoms with Gasteiger partial charge >= 0.3 is 6.18 Å². The molecule has 0 radical (unpaired) electrons. The zero-order valence-electron chi connectivity index (χ0n) is 10.3. The van der Waals surface area contributed by atoms with E-state index in [2.05, 4.69) is 15.5 Å². The number of nitrogens with one attached hydrogen (secondary N) is 1. The smallest absolute Gasteiger partial charge is 0.350 e. The topological polar surface area (TPSA) is 59.8 Å². The first-order valence-electron chi connectivity index (χ1n) is 5.76. The highest BCUT2D eigenvalue weighted by Crippen LogP contribution is 2.29. The van der Waals surface area contributed by atoms with E-state index in [4.69, 9.17) is 0 Å². The maximum absolute atomic E-state index is 12.5. The fourth-order valence-electron chi connectivity index (χ4n) is 1.57. The number of alkyl halides is 3. The van der Waals surface area contributed by atoms with Gasteiger partial charge in [-0.3, -0.25) is 4.79 Å². The van der Waals surface area contributed by atoms with Crippen molar-refractivity contribution in [2.75, 3.05) is 6.54 Å². The molecule has 0 fully saturated rings. The summed E-state index contributed by atoms with van der Waals surface area (Å²) in [5.74, 6) is -0.566. The number of aromatic nitrogens is 3. The van der Waals surface area contributed by atoms with Crippen LogP contribution in [0.1, 0.15) is 15.9 Å². The lowest BCUT2D eigenvalue weighted by molar-refractivity contribution is -0.137. The van der Waals surface area contributed by atoms with E-state index in [9.17, 15) is 18.0 Å². The van der Waals surface area contributed by atoms with E-state index < -0.39 is 17.6 Å². The molecular formula is C12H11F3N4O. The third kappa shape index (κ3) is 3.56. The van der Waals surface area contributed by atoms with Crippen LogP contribution in [0.25, 0.3) is 0 Å². The predicted molar refractivity (Wildman–Crippen MR) is 63.8 cm³/mol. The Bertz CT molecular complexity index is 581. The summed E-state index contributed by atoms with van der Waals surface area (Å²) in [6, 6.07) is 4.27. The summed E-state index contributed by atoms with van der Waals surface area (Å²) in [4.78, 5) is 13.1. The molecule has 2 aromatic rings. The van der Waals surface area contributed by atoms with Gasteiger partial charge < -0.3 is 5.32 Å². The molecule has 0 aliphatic rings. The second-order valence-electron chi connectivity index (χ2n) is 3.96. The van der Waals surface area contributed by atoms with Gasteiger partial charge in [0.25, 0.3) is 5.91 Å². The van der Waals surface area contributed by atoms with Crippen LogP contribution < -0.4 is 5.32 Å². The number of hydrogen-bond acceptors (Lipinski definition) is 3. The number of nitrogens with zero attached hydrogens (tertiary/aromatic N) is 3. The quantitative estimate of drug-likeness (QED) is 0.930. The zero-order valence-corrected chi connectivity index (χ0v) is 10.3. The van der Waals surface area contributed by atoms with Gasteiger partial charge in [-0.05, 0) is 18.2 Å². The SMILES string of the molecule is O=C(NCCn1nccn1)c1cccc(C(F)(F)F)c1. The highest BCUT2D eigenvalue weighted by molar-refractivity contribution is 5.94. The van der Waals surface area contributed by atoms with Crippen molar-refractivity contribution in [2.45, 2.75) is 12.7 Å². The molecule has 20 heavy (non-hydrogen) atoms. The number of carbonyl (C=O) groups is 1. The number of amides is 1. The van der Waals surface area contributed by atoms with Gasteiger partial charge in [0, 0.05) is 12.1 Å². The Kier molecular flexibility index (Phi) is 4.02. The summed E-state index contributed by atoms with van der Waals surface area (Å²) in [6.07, 6.45) is -1.47. The number of hydrogen-bond donors (Lipinski definition) is 1. The highest BCUT2D eigenvalue weighted by atomic mass is 19.4. The van der Waals surface area contributed by atoms with Crippen LogP contribution in [0.2, 0.25) is 0 Å². The van der Waals surface area contributed by atoms with E-state index in [0.29, 0.717) is 6.54 Å². The molecule has 0 aliphatic heterocycles. The average Bonchev–Trinajstić information content (AvgIpc) is 2.91. The van der Waals surface area contributed by atoms with Gasteiger partial charge in [0.05, 0.1) is 24.5 Å². The zero-order chi connectivity index (χ0) is 14.6. The van der Waals surface area contributed by atoms with Crippen LogP contribution in [0.5, 0.6) is 0 Å². The van der Waals surface area contributed by atoms with E-state index in [0.717, 1.165) is 12.1 Å². The third-order valence-corrected chi connectivity index (χ3v) is 2.52. The van der Waals surface area contributed by atoms with Crippen molar-refractivity contribution >= 4 is 5.91 Å². The first kappa shape index (κ1) is 14.0. The Morgan fingerprint density at radius 3 is 2.60 bits per heavy atom. The molecule has 0 aliphatic carbocycles. The van der Waals surface area contributed by atoms with Crippen molar-refractivity contribution < 1.29 is 18.0 Å². The first-order valence-corrected chi connectivity index (χ1v) is 5.76. The van der Waals surface area contributed by atoms with Gasteiger partial charge in [-0.2, -0.15) is 28.2 Å². The maximum Gasteiger partial charge on any atom is 0.416 e. The second-order valence-corrected chi connectivity index (χ2v) is 3.96. The molecule has 1 aromatic carbocycles. The molecule has 8 heteroatoms. The third-order valence-electron chi connectivity index (χ3n) is 2.52. The highest BCUT2D eigenvalue weighted by Gasteiger charge is 2.30. The van der Waals surface area contributed by atoms with Gasteiger partial charge in [0.15, 0.2) is 0 Å². The van der Waals surface area contributed by atoms with Crippen molar-refractivity contribution in [1.82, 2.24) is 20.3 Å². The molecule has 1 amide bonds. The molecule has 1 heterocycles. The summed E-state index contributed by atoms with van der Waals surface area (Å²) in [5.41, 5.74) is -0.882. The molecule has 1 aromatic heterocycles. The molecule has 0 saturated heterocycles. The minimum Gasteiger partial charge on any atom is -0.350 e. The van der Waals surface area contributed by atoms with Crippen molar-refractivity contribution in [2.24, 2.45) is 0 Å². The van der Waals surface area contributed by atoms with E-state index in [-0.39, 0.29) is 12.1 Å². The minimum absolute atomic E-state index is 0.0340. The van der Waals surface area contributed by atoms with Gasteiger partial charge in [0.1, 0.15) is 0 Å². The van der Waals surface area contributed by atoms with Crippen molar-refractivity contribution in [1.29, 1.82) is 0 Å². The van der Waals surface area contributed by atoms with Gasteiger partial charge in [-0.1, -0.05) is 6.07 Å². The van der Waals surface area contributed by atoms with Gasteiger partial charge in [-0.15, -0.1) is 0 Å². The predicted octanol–water partition coefficient (Wildman–Crippen LogP) is 1.73. The maximum atomic E-state index is 12.5. The average molecular weight is 284 g/mol. The van der Waals surface area contributed by atoms with Crippen molar-refractivity contribution in [3.63, 3.8) is 0 Å². The van der Waals surface area contributed by atoms with Gasteiger partial charge in [0.2, 0.25) is 0 Å². The van der Waals surface area contributed by atoms with Crippen LogP contribution in [0.3, 0.4) is 0 Å². The van der Waals surface area contributed by atoms with E-state index in [1.807, 2.05) is 0 Å². The molecule has 106 valence electrons. The molecule has 5 nitrogen and oxygen atoms in total. The Morgan fingerprint density at radius 1 is 1.25 bits per heavy atom. The van der Waals surface area contributed by atoms with E-state index in [1.165, 1.54) is 29.3 Å². The molecule has 0 spiro atoms. The molecule has 2 rings (SSSR count). The molecule has 0 unspecified atom stereocenters. The molecule has 0 atom stereocenters. The monoisotopic (exact) mass is 284 g/mol. The van der Waals surface area contributed by atoms with E-state index >= 15 is 0 Å². The fourth-order valence-corrected chi connectivity index (χ4v) is 1.57. The summed E-state index contributed by atoms with van der Waals surface area (Å²) in [6.45, 7) is 0.571. The number of halogens is 3. The first-order chi connectivity index (χ1) is 9.47.